The second-order valence-corrected chi connectivity index (χ2v) is 6.36. The summed E-state index contributed by atoms with van der Waals surface area (Å²) < 4.78 is 5.33. The maximum atomic E-state index is 12.4. The number of carbonyl (C=O) groups is 1. The van der Waals surface area contributed by atoms with Crippen LogP contribution in [-0.2, 0) is 9.53 Å². The van der Waals surface area contributed by atoms with Gasteiger partial charge in [0.2, 0.25) is 5.91 Å². The van der Waals surface area contributed by atoms with Gasteiger partial charge in [0.25, 0.3) is 0 Å². The number of amides is 1. The number of piperidine rings is 1. The molecule has 114 valence electrons. The lowest BCUT2D eigenvalue weighted by atomic mass is 9.92. The first-order valence-electron chi connectivity index (χ1n) is 7.79. The molecule has 1 spiro atoms. The number of methoxy groups -OCH3 is 1. The lowest BCUT2D eigenvalue weighted by Crippen LogP contribution is -2.31. The van der Waals surface area contributed by atoms with E-state index in [1.165, 1.54) is 0 Å². The summed E-state index contributed by atoms with van der Waals surface area (Å²) in [6.07, 6.45) is 3.35. The molecule has 0 radical (unpaired) electrons. The first-order chi connectivity index (χ1) is 10.1. The molecule has 1 saturated heterocycles. The number of rotatable bonds is 4. The Hall–Kier alpha value is -1.39. The summed E-state index contributed by atoms with van der Waals surface area (Å²) in [5.41, 5.74) is 2.24. The predicted octanol–water partition coefficient (Wildman–Crippen LogP) is 2.72. The lowest BCUT2D eigenvalue weighted by molar-refractivity contribution is -0.118. The minimum Gasteiger partial charge on any atom is -0.377 e. The molecule has 2 fully saturated rings. The van der Waals surface area contributed by atoms with E-state index in [0.717, 1.165) is 43.6 Å². The van der Waals surface area contributed by atoms with Gasteiger partial charge in [-0.05, 0) is 62.4 Å². The van der Waals surface area contributed by atoms with Crippen LogP contribution in [0.5, 0.6) is 0 Å². The van der Waals surface area contributed by atoms with Crippen LogP contribution in [0, 0.1) is 11.3 Å². The van der Waals surface area contributed by atoms with Gasteiger partial charge in [-0.1, -0.05) is 12.1 Å². The van der Waals surface area contributed by atoms with E-state index in [0.29, 0.717) is 0 Å². The quantitative estimate of drug-likeness (QED) is 0.895. The molecule has 4 nitrogen and oxygen atoms in total. The van der Waals surface area contributed by atoms with Crippen molar-refractivity contribution in [3.05, 3.63) is 29.8 Å². The van der Waals surface area contributed by atoms with E-state index in [4.69, 9.17) is 4.74 Å². The van der Waals surface area contributed by atoms with Gasteiger partial charge in [-0.15, -0.1) is 0 Å². The van der Waals surface area contributed by atoms with Gasteiger partial charge >= 0.3 is 0 Å². The van der Waals surface area contributed by atoms with Crippen LogP contribution in [0.25, 0.3) is 0 Å². The first kappa shape index (κ1) is 14.5. The normalized spacial score (nSPS) is 24.6. The van der Waals surface area contributed by atoms with Crippen LogP contribution in [0.1, 0.15) is 37.9 Å². The molecule has 2 aliphatic rings. The topological polar surface area (TPSA) is 50.4 Å². The smallest absolute Gasteiger partial charge is 0.228 e. The molecule has 4 heteroatoms. The van der Waals surface area contributed by atoms with Gasteiger partial charge in [0, 0.05) is 18.7 Å². The van der Waals surface area contributed by atoms with E-state index in [-0.39, 0.29) is 23.3 Å². The molecular formula is C17H24N2O2. The van der Waals surface area contributed by atoms with E-state index in [2.05, 4.69) is 10.6 Å². The third-order valence-corrected chi connectivity index (χ3v) is 5.08. The average Bonchev–Trinajstić information content (AvgIpc) is 3.21. The Morgan fingerprint density at radius 2 is 2.19 bits per heavy atom. The summed E-state index contributed by atoms with van der Waals surface area (Å²) in [7, 11) is 1.70. The van der Waals surface area contributed by atoms with Crippen molar-refractivity contribution in [2.24, 2.45) is 11.3 Å². The standard InChI is InChI=1S/C17H24N2O2/c1-12(21-2)13-4-3-5-14(10-13)19-16(20)15-11-17(15)6-8-18-9-7-17/h3-5,10,12,15,18H,6-9,11H2,1-2H3,(H,19,20). The molecule has 2 atom stereocenters. The Labute approximate surface area is 126 Å². The molecular weight excluding hydrogens is 264 g/mol. The van der Waals surface area contributed by atoms with Gasteiger partial charge in [-0.2, -0.15) is 0 Å². The van der Waals surface area contributed by atoms with Gasteiger partial charge < -0.3 is 15.4 Å². The lowest BCUT2D eigenvalue weighted by Gasteiger charge is -2.23. The highest BCUT2D eigenvalue weighted by atomic mass is 16.5. The first-order valence-corrected chi connectivity index (χ1v) is 7.79. The maximum Gasteiger partial charge on any atom is 0.228 e. The van der Waals surface area contributed by atoms with E-state index in [9.17, 15) is 4.79 Å². The molecule has 1 aliphatic heterocycles. The summed E-state index contributed by atoms with van der Waals surface area (Å²) in [4.78, 5) is 12.4. The maximum absolute atomic E-state index is 12.4. The summed E-state index contributed by atoms with van der Waals surface area (Å²) in [5.74, 6) is 0.377. The Kier molecular flexibility index (Phi) is 4.00. The second kappa shape index (κ2) is 5.78. The van der Waals surface area contributed by atoms with E-state index in [1.54, 1.807) is 7.11 Å². The van der Waals surface area contributed by atoms with Crippen molar-refractivity contribution in [2.75, 3.05) is 25.5 Å². The average molecular weight is 288 g/mol. The van der Waals surface area contributed by atoms with Crippen LogP contribution in [0.4, 0.5) is 5.69 Å². The summed E-state index contributed by atoms with van der Waals surface area (Å²) in [6.45, 7) is 4.10. The fourth-order valence-electron chi connectivity index (χ4n) is 3.43. The van der Waals surface area contributed by atoms with Gasteiger partial charge in [0.1, 0.15) is 0 Å². The van der Waals surface area contributed by atoms with Gasteiger partial charge in [-0.25, -0.2) is 0 Å². The number of nitrogens with one attached hydrogen (secondary N) is 2. The zero-order valence-corrected chi connectivity index (χ0v) is 12.8. The SMILES string of the molecule is COC(C)c1cccc(NC(=O)C2CC23CCNCC3)c1. The molecule has 21 heavy (non-hydrogen) atoms. The molecule has 0 aromatic heterocycles. The molecule has 1 aromatic rings. The third kappa shape index (κ3) is 2.97. The van der Waals surface area contributed by atoms with Crippen LogP contribution in [-0.4, -0.2) is 26.1 Å². The molecule has 1 amide bonds. The number of ether oxygens (including phenoxy) is 1. The van der Waals surface area contributed by atoms with Crippen molar-refractivity contribution in [1.29, 1.82) is 0 Å². The Bertz CT molecular complexity index is 523. The molecule has 2 unspecified atom stereocenters. The molecule has 2 N–H and O–H groups in total. The van der Waals surface area contributed by atoms with Gasteiger partial charge in [-0.3, -0.25) is 4.79 Å². The number of anilines is 1. The number of hydrogen-bond acceptors (Lipinski definition) is 3. The van der Waals surface area contributed by atoms with Crippen molar-refractivity contribution in [3.63, 3.8) is 0 Å². The van der Waals surface area contributed by atoms with Crippen LogP contribution in [0.2, 0.25) is 0 Å². The van der Waals surface area contributed by atoms with Crippen LogP contribution in [0.3, 0.4) is 0 Å². The molecule has 1 heterocycles. The van der Waals surface area contributed by atoms with E-state index < -0.39 is 0 Å². The van der Waals surface area contributed by atoms with Gasteiger partial charge in [0.15, 0.2) is 0 Å². The van der Waals surface area contributed by atoms with Crippen molar-refractivity contribution in [2.45, 2.75) is 32.3 Å². The van der Waals surface area contributed by atoms with Crippen LogP contribution >= 0.6 is 0 Å². The number of carbonyl (C=O) groups excluding carboxylic acids is 1. The zero-order valence-electron chi connectivity index (χ0n) is 12.8. The van der Waals surface area contributed by atoms with Crippen molar-refractivity contribution in [3.8, 4) is 0 Å². The van der Waals surface area contributed by atoms with Crippen molar-refractivity contribution < 1.29 is 9.53 Å². The number of benzene rings is 1. The highest BCUT2D eigenvalue weighted by Gasteiger charge is 2.57. The van der Waals surface area contributed by atoms with Crippen molar-refractivity contribution in [1.82, 2.24) is 5.32 Å². The summed E-state index contributed by atoms with van der Waals surface area (Å²) in [5, 5.41) is 6.45. The molecule has 3 rings (SSSR count). The zero-order chi connectivity index (χ0) is 14.9. The Morgan fingerprint density at radius 3 is 2.90 bits per heavy atom. The van der Waals surface area contributed by atoms with Crippen LogP contribution in [0.15, 0.2) is 24.3 Å². The minimum absolute atomic E-state index is 0.0403. The third-order valence-electron chi connectivity index (χ3n) is 5.08. The largest absolute Gasteiger partial charge is 0.377 e. The number of hydrogen-bond donors (Lipinski definition) is 2. The molecule has 0 bridgehead atoms. The highest BCUT2D eigenvalue weighted by Crippen LogP contribution is 2.58. The van der Waals surface area contributed by atoms with Crippen LogP contribution < -0.4 is 10.6 Å². The monoisotopic (exact) mass is 288 g/mol. The molecule has 1 aliphatic carbocycles. The van der Waals surface area contributed by atoms with E-state index >= 15 is 0 Å². The minimum atomic E-state index is 0.0403. The predicted molar refractivity (Wildman–Crippen MR) is 83.1 cm³/mol. The second-order valence-electron chi connectivity index (χ2n) is 6.36. The highest BCUT2D eigenvalue weighted by molar-refractivity contribution is 5.95. The molecule has 1 saturated carbocycles. The van der Waals surface area contributed by atoms with E-state index in [1.807, 2.05) is 31.2 Å². The Balaban J connectivity index is 1.63. The summed E-state index contributed by atoms with van der Waals surface area (Å²) in [6, 6.07) is 7.94. The van der Waals surface area contributed by atoms with Gasteiger partial charge in [0.05, 0.1) is 6.10 Å². The van der Waals surface area contributed by atoms with Crippen molar-refractivity contribution >= 4 is 11.6 Å². The fraction of sp³-hybridized carbons (Fsp3) is 0.588. The fourth-order valence-corrected chi connectivity index (χ4v) is 3.43. The summed E-state index contributed by atoms with van der Waals surface area (Å²) >= 11 is 0. The molecule has 1 aromatic carbocycles. The Morgan fingerprint density at radius 1 is 1.43 bits per heavy atom.